The molecule has 0 bridgehead atoms. The lowest BCUT2D eigenvalue weighted by Crippen LogP contribution is -2.08. The Balaban J connectivity index is 1.90. The van der Waals surface area contributed by atoms with Gasteiger partial charge in [-0.05, 0) is 36.4 Å². The van der Waals surface area contributed by atoms with E-state index in [1.165, 1.54) is 17.3 Å². The van der Waals surface area contributed by atoms with Crippen LogP contribution in [0.3, 0.4) is 0 Å². The molecule has 0 spiro atoms. The predicted molar refractivity (Wildman–Crippen MR) is 102 cm³/mol. The fraction of sp³-hybridized carbons (Fsp3) is 0.158. The summed E-state index contributed by atoms with van der Waals surface area (Å²) in [5.41, 5.74) is 3.57. The molecule has 0 aliphatic heterocycles. The number of thioether (sulfide) groups is 1. The quantitative estimate of drug-likeness (QED) is 0.645. The second-order valence-corrected chi connectivity index (χ2v) is 6.53. The number of aromatic nitrogens is 1. The number of rotatable bonds is 5. The Kier molecular flexibility index (Phi) is 5.24. The van der Waals surface area contributed by atoms with E-state index in [0.29, 0.717) is 5.56 Å². The van der Waals surface area contributed by atoms with Crippen molar-refractivity contribution in [3.63, 3.8) is 0 Å². The maximum Gasteiger partial charge on any atom is 0.116 e. The van der Waals surface area contributed by atoms with Crippen LogP contribution in [0.25, 0.3) is 10.9 Å². The number of halogens is 1. The summed E-state index contributed by atoms with van der Waals surface area (Å²) in [6.07, 6.45) is 2.79. The van der Waals surface area contributed by atoms with Crippen LogP contribution in [0.15, 0.2) is 53.6 Å². The Morgan fingerprint density at radius 1 is 1.17 bits per heavy atom. The van der Waals surface area contributed by atoms with Crippen molar-refractivity contribution in [2.24, 2.45) is 0 Å². The van der Waals surface area contributed by atoms with Gasteiger partial charge in [-0.15, -0.1) is 11.8 Å². The molecule has 0 saturated heterocycles. The van der Waals surface area contributed by atoms with E-state index >= 15 is 0 Å². The normalized spacial score (nSPS) is 10.5. The number of benzene rings is 2. The van der Waals surface area contributed by atoms with E-state index in [9.17, 15) is 5.26 Å². The van der Waals surface area contributed by atoms with Crippen LogP contribution in [0.1, 0.15) is 11.1 Å². The summed E-state index contributed by atoms with van der Waals surface area (Å²) < 4.78 is 0. The third-order valence-electron chi connectivity index (χ3n) is 3.79. The summed E-state index contributed by atoms with van der Waals surface area (Å²) in [5, 5.41) is 15.5. The molecule has 0 fully saturated rings. The van der Waals surface area contributed by atoms with Crippen LogP contribution in [0.4, 0.5) is 5.69 Å². The van der Waals surface area contributed by atoms with E-state index in [2.05, 4.69) is 16.4 Å². The van der Waals surface area contributed by atoms with Crippen LogP contribution in [0.2, 0.25) is 5.02 Å². The van der Waals surface area contributed by atoms with Gasteiger partial charge < -0.3 is 5.32 Å². The number of fused-ring (bicyclic) bond motifs is 1. The lowest BCUT2D eigenvalue weighted by Gasteiger charge is -2.14. The molecule has 5 heteroatoms. The van der Waals surface area contributed by atoms with Crippen molar-refractivity contribution in [3.8, 4) is 6.07 Å². The molecule has 1 heterocycles. The topological polar surface area (TPSA) is 48.7 Å². The third kappa shape index (κ3) is 3.48. The highest BCUT2D eigenvalue weighted by Gasteiger charge is 2.14. The lowest BCUT2D eigenvalue weighted by atomic mass is 10.1. The first kappa shape index (κ1) is 16.6. The van der Waals surface area contributed by atoms with Gasteiger partial charge in [0.1, 0.15) is 16.7 Å². The van der Waals surface area contributed by atoms with E-state index in [1.807, 2.05) is 54.8 Å². The van der Waals surface area contributed by atoms with Crippen molar-refractivity contribution in [3.05, 3.63) is 64.7 Å². The molecule has 0 unspecified atom stereocenters. The largest absolute Gasteiger partial charge is 0.383 e. The van der Waals surface area contributed by atoms with Crippen LogP contribution in [0.5, 0.6) is 0 Å². The summed E-state index contributed by atoms with van der Waals surface area (Å²) in [5.74, 6) is 0. The zero-order chi connectivity index (χ0) is 16.9. The second kappa shape index (κ2) is 7.57. The van der Waals surface area contributed by atoms with Gasteiger partial charge >= 0.3 is 0 Å². The molecule has 24 heavy (non-hydrogen) atoms. The molecule has 0 saturated carbocycles. The van der Waals surface area contributed by atoms with Crippen molar-refractivity contribution < 1.29 is 0 Å². The molecule has 1 N–H and O–H groups in total. The first-order chi connectivity index (χ1) is 11.7. The number of nitrogens with zero attached hydrogens (tertiary/aromatic N) is 2. The molecule has 3 nitrogen and oxygen atoms in total. The van der Waals surface area contributed by atoms with Gasteiger partial charge in [0.15, 0.2) is 0 Å². The Hall–Kier alpha value is -2.22. The van der Waals surface area contributed by atoms with Gasteiger partial charge in [0, 0.05) is 17.0 Å². The number of anilines is 1. The number of nitrogens with one attached hydrogen (secondary N) is 1. The molecule has 3 aromatic rings. The monoisotopic (exact) mass is 353 g/mol. The predicted octanol–water partition coefficient (Wildman–Crippen LogP) is 5.14. The summed E-state index contributed by atoms with van der Waals surface area (Å²) in [6, 6.07) is 18.0. The fourth-order valence-corrected chi connectivity index (χ4v) is 3.27. The van der Waals surface area contributed by atoms with E-state index in [0.717, 1.165) is 39.6 Å². The Morgan fingerprint density at radius 3 is 2.62 bits per heavy atom. The minimum absolute atomic E-state index is 0.609. The van der Waals surface area contributed by atoms with Gasteiger partial charge in [-0.2, -0.15) is 5.26 Å². The maximum absolute atomic E-state index is 9.58. The van der Waals surface area contributed by atoms with Gasteiger partial charge in [-0.1, -0.05) is 41.9 Å². The number of nitriles is 1. The molecular weight excluding hydrogens is 338 g/mol. The van der Waals surface area contributed by atoms with Crippen LogP contribution in [0, 0.1) is 11.3 Å². The molecular formula is C19H16ClN3S. The number of hydrogen-bond donors (Lipinski definition) is 1. The molecule has 120 valence electrons. The Labute approximate surface area is 150 Å². The maximum atomic E-state index is 9.58. The molecule has 0 atom stereocenters. The molecule has 2 aromatic carbocycles. The Bertz CT molecular complexity index is 901. The zero-order valence-corrected chi connectivity index (χ0v) is 14.8. The van der Waals surface area contributed by atoms with Gasteiger partial charge in [0.2, 0.25) is 0 Å². The summed E-state index contributed by atoms with van der Waals surface area (Å²) >= 11 is 7.41. The van der Waals surface area contributed by atoms with E-state index in [-0.39, 0.29) is 0 Å². The molecule has 0 aliphatic rings. The first-order valence-electron chi connectivity index (χ1n) is 7.58. The average Bonchev–Trinajstić information content (AvgIpc) is 2.62. The summed E-state index contributed by atoms with van der Waals surface area (Å²) in [7, 11) is 0. The highest BCUT2D eigenvalue weighted by Crippen LogP contribution is 2.32. The number of hydrogen-bond acceptors (Lipinski definition) is 4. The van der Waals surface area contributed by atoms with Crippen LogP contribution in [-0.2, 0) is 6.42 Å². The molecule has 3 rings (SSSR count). The van der Waals surface area contributed by atoms with Crippen molar-refractivity contribution in [2.75, 3.05) is 18.1 Å². The van der Waals surface area contributed by atoms with E-state index < -0.39 is 0 Å². The van der Waals surface area contributed by atoms with Crippen LogP contribution >= 0.6 is 23.4 Å². The Morgan fingerprint density at radius 2 is 1.92 bits per heavy atom. The average molecular weight is 354 g/mol. The number of para-hydroxylation sites is 1. The first-order valence-corrected chi connectivity index (χ1v) is 9.18. The highest BCUT2D eigenvalue weighted by molar-refractivity contribution is 7.98. The van der Waals surface area contributed by atoms with Crippen LogP contribution < -0.4 is 5.32 Å². The summed E-state index contributed by atoms with van der Waals surface area (Å²) in [4.78, 5) is 4.59. The van der Waals surface area contributed by atoms with Gasteiger partial charge in [0.25, 0.3) is 0 Å². The van der Waals surface area contributed by atoms with Gasteiger partial charge in [0.05, 0.1) is 11.2 Å². The smallest absolute Gasteiger partial charge is 0.116 e. The zero-order valence-electron chi connectivity index (χ0n) is 13.2. The summed E-state index contributed by atoms with van der Waals surface area (Å²) in [6.45, 7) is 0.734. The molecule has 1 aromatic heterocycles. The second-order valence-electron chi connectivity index (χ2n) is 5.30. The molecule has 0 aliphatic carbocycles. The van der Waals surface area contributed by atoms with Gasteiger partial charge in [-0.25, -0.2) is 4.98 Å². The van der Waals surface area contributed by atoms with E-state index in [1.54, 1.807) is 0 Å². The molecule has 0 amide bonds. The third-order valence-corrected chi connectivity index (χ3v) is 4.73. The highest BCUT2D eigenvalue weighted by atomic mass is 35.5. The minimum atomic E-state index is 0.609. The standard InChI is InChI=1S/C19H16ClN3S/c1-24-19-16(12-21)18(15-4-2-3-5-17(15)23-19)22-11-10-13-6-8-14(20)9-7-13/h2-9H,10-11H2,1H3,(H,22,23). The van der Waals surface area contributed by atoms with Crippen molar-refractivity contribution in [2.45, 2.75) is 11.4 Å². The fourth-order valence-electron chi connectivity index (χ4n) is 2.61. The minimum Gasteiger partial charge on any atom is -0.383 e. The van der Waals surface area contributed by atoms with Crippen molar-refractivity contribution in [1.29, 1.82) is 5.26 Å². The van der Waals surface area contributed by atoms with E-state index in [4.69, 9.17) is 11.6 Å². The molecule has 0 radical (unpaired) electrons. The van der Waals surface area contributed by atoms with Crippen molar-refractivity contribution in [1.82, 2.24) is 4.98 Å². The number of pyridine rings is 1. The van der Waals surface area contributed by atoms with Gasteiger partial charge in [-0.3, -0.25) is 0 Å². The van der Waals surface area contributed by atoms with Crippen LogP contribution in [-0.4, -0.2) is 17.8 Å². The SMILES string of the molecule is CSc1nc2ccccc2c(NCCc2ccc(Cl)cc2)c1C#N. The lowest BCUT2D eigenvalue weighted by molar-refractivity contribution is 1.02. The van der Waals surface area contributed by atoms with Crippen molar-refractivity contribution >= 4 is 40.0 Å².